The molecule has 0 radical (unpaired) electrons. The Balaban J connectivity index is 1.29. The quantitative estimate of drug-likeness (QED) is 0.103. The summed E-state index contributed by atoms with van der Waals surface area (Å²) in [5.74, 6) is 0.419. The molecule has 0 fully saturated rings. The molecule has 0 saturated carbocycles. The predicted molar refractivity (Wildman–Crippen MR) is 225 cm³/mol. The minimum Gasteiger partial charge on any atom is -0.497 e. The minimum absolute atomic E-state index is 0.376. The Morgan fingerprint density at radius 3 is 1.68 bits per heavy atom. The average Bonchev–Trinajstić information content (AvgIpc) is 3.93. The molecule has 7 heteroatoms. The molecule has 9 aromatic rings. The van der Waals surface area contributed by atoms with Crippen LogP contribution < -0.4 is 4.74 Å². The number of aromatic nitrogens is 4. The highest BCUT2D eigenvalue weighted by atomic mass is 16.5. The van der Waals surface area contributed by atoms with Crippen LogP contribution in [-0.2, 0) is 10.3 Å². The third kappa shape index (κ3) is 6.25. The lowest BCUT2D eigenvalue weighted by Crippen LogP contribution is -2.38. The number of pyridine rings is 1. The molecule has 0 aliphatic heterocycles. The molecule has 6 aromatic carbocycles. The fourth-order valence-corrected chi connectivity index (χ4v) is 7.85. The highest BCUT2D eigenvalue weighted by Crippen LogP contribution is 2.43. The number of hydrogen-bond donors (Lipinski definition) is 0. The van der Waals surface area contributed by atoms with Crippen LogP contribution in [-0.4, -0.2) is 39.4 Å². The van der Waals surface area contributed by atoms with Crippen molar-refractivity contribution in [2.75, 3.05) is 14.2 Å². The first-order valence-corrected chi connectivity index (χ1v) is 18.8. The second-order valence-corrected chi connectivity index (χ2v) is 13.8. The molecule has 0 bridgehead atoms. The maximum Gasteiger partial charge on any atom is 0.338 e. The van der Waals surface area contributed by atoms with E-state index in [1.165, 1.54) is 7.11 Å². The van der Waals surface area contributed by atoms with Crippen LogP contribution in [0, 0.1) is 0 Å². The Hall–Kier alpha value is -7.51. The van der Waals surface area contributed by atoms with E-state index in [9.17, 15) is 4.79 Å². The van der Waals surface area contributed by atoms with E-state index in [2.05, 4.69) is 119 Å². The standard InChI is InChI=1S/C50H38N4O3/c1-56-42-29-26-36(27-30-42)46-32-51-47-31-28-38(33-53(46)47)45-34-54(52-48(45)37-24-22-35(23-25-37)43-20-12-13-21-44(43)49(55)57-2)50(39-14-6-3-7-15-39,40-16-8-4-9-17-40)41-18-10-5-11-19-41/h3-34H,1-2H3. The molecule has 0 amide bonds. The number of ether oxygens (including phenoxy) is 2. The fraction of sp³-hybridized carbons (Fsp3) is 0.0600. The number of methoxy groups -OCH3 is 2. The summed E-state index contributed by atoms with van der Waals surface area (Å²) >= 11 is 0. The van der Waals surface area contributed by atoms with E-state index in [-0.39, 0.29) is 5.97 Å². The van der Waals surface area contributed by atoms with Crippen LogP contribution in [0.15, 0.2) is 195 Å². The van der Waals surface area contributed by atoms with Crippen LogP contribution in [0.3, 0.4) is 0 Å². The number of carbonyl (C=O) groups excluding carboxylic acids is 1. The second kappa shape index (κ2) is 15.0. The number of rotatable bonds is 10. The van der Waals surface area contributed by atoms with Crippen molar-refractivity contribution in [2.45, 2.75) is 5.54 Å². The van der Waals surface area contributed by atoms with E-state index in [0.717, 1.165) is 72.9 Å². The zero-order valence-corrected chi connectivity index (χ0v) is 31.5. The molecule has 7 nitrogen and oxygen atoms in total. The summed E-state index contributed by atoms with van der Waals surface area (Å²) in [4.78, 5) is 17.5. The Morgan fingerprint density at radius 2 is 1.09 bits per heavy atom. The van der Waals surface area contributed by atoms with Crippen molar-refractivity contribution in [3.8, 4) is 50.5 Å². The van der Waals surface area contributed by atoms with Crippen LogP contribution in [0.25, 0.3) is 50.4 Å². The summed E-state index contributed by atoms with van der Waals surface area (Å²) in [6, 6.07) is 59.6. The van der Waals surface area contributed by atoms with Gasteiger partial charge in [-0.3, -0.25) is 9.08 Å². The smallest absolute Gasteiger partial charge is 0.338 e. The SMILES string of the molecule is COC(=O)c1ccccc1-c1ccc(-c2nn(C(c3ccccc3)(c3ccccc3)c3ccccc3)cc2-c2ccc3ncc(-c4ccc(OC)cc4)n3c2)cc1. The van der Waals surface area contributed by atoms with Gasteiger partial charge in [0.1, 0.15) is 22.6 Å². The summed E-state index contributed by atoms with van der Waals surface area (Å²) < 4.78 is 14.8. The van der Waals surface area contributed by atoms with Gasteiger partial charge in [-0.05, 0) is 70.3 Å². The summed E-state index contributed by atoms with van der Waals surface area (Å²) in [5, 5.41) is 5.59. The summed E-state index contributed by atoms with van der Waals surface area (Å²) in [6.07, 6.45) is 6.22. The lowest BCUT2D eigenvalue weighted by Gasteiger charge is -2.36. The van der Waals surface area contributed by atoms with Gasteiger partial charge in [0.05, 0.1) is 31.7 Å². The van der Waals surface area contributed by atoms with Crippen molar-refractivity contribution >= 4 is 11.6 Å². The van der Waals surface area contributed by atoms with Gasteiger partial charge in [-0.25, -0.2) is 9.78 Å². The predicted octanol–water partition coefficient (Wildman–Crippen LogP) is 10.8. The largest absolute Gasteiger partial charge is 0.497 e. The van der Waals surface area contributed by atoms with E-state index < -0.39 is 5.54 Å². The van der Waals surface area contributed by atoms with E-state index >= 15 is 0 Å². The van der Waals surface area contributed by atoms with Gasteiger partial charge in [-0.15, -0.1) is 0 Å². The molecule has 57 heavy (non-hydrogen) atoms. The van der Waals surface area contributed by atoms with Gasteiger partial charge < -0.3 is 9.47 Å². The van der Waals surface area contributed by atoms with Crippen molar-refractivity contribution in [1.29, 1.82) is 0 Å². The highest BCUT2D eigenvalue weighted by Gasteiger charge is 2.40. The molecule has 0 aliphatic rings. The zero-order valence-electron chi connectivity index (χ0n) is 31.5. The molecule has 0 spiro atoms. The molecule has 0 unspecified atom stereocenters. The number of hydrogen-bond acceptors (Lipinski definition) is 5. The number of nitrogens with zero attached hydrogens (tertiary/aromatic N) is 4. The Bertz CT molecular complexity index is 2710. The monoisotopic (exact) mass is 742 g/mol. The third-order valence-electron chi connectivity index (χ3n) is 10.6. The minimum atomic E-state index is -0.830. The van der Waals surface area contributed by atoms with Crippen LogP contribution in [0.4, 0.5) is 0 Å². The molecule has 0 saturated heterocycles. The topological polar surface area (TPSA) is 70.6 Å². The van der Waals surface area contributed by atoms with Gasteiger partial charge in [0.2, 0.25) is 0 Å². The van der Waals surface area contributed by atoms with Crippen molar-refractivity contribution < 1.29 is 14.3 Å². The summed E-state index contributed by atoms with van der Waals surface area (Å²) in [6.45, 7) is 0. The number of carbonyl (C=O) groups is 1. The summed E-state index contributed by atoms with van der Waals surface area (Å²) in [5.41, 5.74) is 11.1. The van der Waals surface area contributed by atoms with Gasteiger partial charge >= 0.3 is 5.97 Å². The Morgan fingerprint density at radius 1 is 0.544 bits per heavy atom. The number of esters is 1. The Kier molecular flexibility index (Phi) is 9.24. The van der Waals surface area contributed by atoms with Gasteiger partial charge in [0.25, 0.3) is 0 Å². The van der Waals surface area contributed by atoms with Gasteiger partial charge in [-0.2, -0.15) is 5.10 Å². The second-order valence-electron chi connectivity index (χ2n) is 13.8. The highest BCUT2D eigenvalue weighted by molar-refractivity contribution is 5.97. The molecule has 0 atom stereocenters. The lowest BCUT2D eigenvalue weighted by atomic mass is 9.77. The van der Waals surface area contributed by atoms with E-state index in [1.807, 2.05) is 79.0 Å². The lowest BCUT2D eigenvalue weighted by molar-refractivity contribution is 0.0601. The Labute approximate surface area is 331 Å². The molecular weight excluding hydrogens is 705 g/mol. The van der Waals surface area contributed by atoms with Crippen LogP contribution in [0.5, 0.6) is 5.75 Å². The fourth-order valence-electron chi connectivity index (χ4n) is 7.85. The van der Waals surface area contributed by atoms with Crippen LogP contribution >= 0.6 is 0 Å². The van der Waals surface area contributed by atoms with Crippen LogP contribution in [0.1, 0.15) is 27.0 Å². The number of imidazole rings is 1. The first kappa shape index (κ1) is 35.2. The van der Waals surface area contributed by atoms with E-state index in [0.29, 0.717) is 5.56 Å². The number of benzene rings is 6. The van der Waals surface area contributed by atoms with Crippen molar-refractivity contribution in [3.63, 3.8) is 0 Å². The van der Waals surface area contributed by atoms with Crippen molar-refractivity contribution in [1.82, 2.24) is 19.2 Å². The maximum absolute atomic E-state index is 12.7. The normalized spacial score (nSPS) is 11.4. The molecule has 3 heterocycles. The van der Waals surface area contributed by atoms with Gasteiger partial charge in [0.15, 0.2) is 0 Å². The first-order chi connectivity index (χ1) is 28.1. The van der Waals surface area contributed by atoms with Gasteiger partial charge in [-0.1, -0.05) is 133 Å². The maximum atomic E-state index is 12.7. The molecule has 276 valence electrons. The third-order valence-corrected chi connectivity index (χ3v) is 10.6. The number of fused-ring (bicyclic) bond motifs is 1. The van der Waals surface area contributed by atoms with E-state index in [1.54, 1.807) is 13.2 Å². The molecular formula is C50H38N4O3. The molecule has 9 rings (SSSR count). The van der Waals surface area contributed by atoms with E-state index in [4.69, 9.17) is 19.6 Å². The molecule has 0 N–H and O–H groups in total. The molecule has 3 aromatic heterocycles. The van der Waals surface area contributed by atoms with Crippen LogP contribution in [0.2, 0.25) is 0 Å². The first-order valence-electron chi connectivity index (χ1n) is 18.8. The zero-order chi connectivity index (χ0) is 38.8. The molecule has 0 aliphatic carbocycles. The summed E-state index contributed by atoms with van der Waals surface area (Å²) in [7, 11) is 3.08. The van der Waals surface area contributed by atoms with Crippen molar-refractivity contribution in [2.24, 2.45) is 0 Å². The van der Waals surface area contributed by atoms with Crippen molar-refractivity contribution in [3.05, 3.63) is 217 Å². The van der Waals surface area contributed by atoms with Gasteiger partial charge in [0, 0.05) is 34.6 Å². The average molecular weight is 743 g/mol.